The molecule has 11 heteroatoms. The molecule has 4 atom stereocenters. The van der Waals surface area contributed by atoms with Crippen LogP contribution in [0.15, 0.2) is 48.5 Å². The third-order valence-electron chi connectivity index (χ3n) is 8.86. The first-order valence-electron chi connectivity index (χ1n) is 16.7. The highest BCUT2D eigenvalue weighted by molar-refractivity contribution is 5.94. The number of benzene rings is 2. The van der Waals surface area contributed by atoms with E-state index in [0.29, 0.717) is 12.8 Å². The smallest absolute Gasteiger partial charge is 0.410 e. The Morgan fingerprint density at radius 3 is 1.65 bits per heavy atom. The highest BCUT2D eigenvalue weighted by atomic mass is 16.6. The van der Waals surface area contributed by atoms with E-state index in [2.05, 4.69) is 22.8 Å². The van der Waals surface area contributed by atoms with Crippen LogP contribution in [0.5, 0.6) is 0 Å². The standard InChI is InChI=1S/C37H52N4O7/c1-21(2)18-30(33(42)38-24(7)36(45)46)40(8)35(44)32(23(5)6)39-34(43)31(19-22(3)4)41(9)37(47)48-20-29-27-16-12-10-14-25(27)26-15-11-13-17-28(26)29/h10-17,21-24,29-32H,18-20H2,1-9H3,(H,38,42)(H,39,43)(H,45,46)/t24-,30-,31-,32-/m0/s1. The van der Waals surface area contributed by atoms with E-state index in [1.165, 1.54) is 30.8 Å². The van der Waals surface area contributed by atoms with Gasteiger partial charge in [0.1, 0.15) is 30.8 Å². The van der Waals surface area contributed by atoms with Crippen molar-refractivity contribution in [3.63, 3.8) is 0 Å². The van der Waals surface area contributed by atoms with Crippen molar-refractivity contribution < 1.29 is 33.8 Å². The Morgan fingerprint density at radius 2 is 1.19 bits per heavy atom. The van der Waals surface area contributed by atoms with E-state index in [9.17, 15) is 29.1 Å². The quantitative estimate of drug-likeness (QED) is 0.246. The number of likely N-dealkylation sites (N-methyl/N-ethyl adjacent to an activating group) is 2. The average molecular weight is 665 g/mol. The first-order valence-corrected chi connectivity index (χ1v) is 16.7. The largest absolute Gasteiger partial charge is 0.480 e. The monoisotopic (exact) mass is 664 g/mol. The third-order valence-corrected chi connectivity index (χ3v) is 8.86. The van der Waals surface area contributed by atoms with E-state index in [0.717, 1.165) is 22.3 Å². The summed E-state index contributed by atoms with van der Waals surface area (Å²) in [6, 6.07) is 12.1. The Hall–Kier alpha value is -4.41. The summed E-state index contributed by atoms with van der Waals surface area (Å²) in [6.45, 7) is 12.7. The molecule has 1 aliphatic rings. The first-order chi connectivity index (χ1) is 22.5. The molecular formula is C37H52N4O7. The molecule has 11 nitrogen and oxygen atoms in total. The van der Waals surface area contributed by atoms with E-state index in [4.69, 9.17) is 4.74 Å². The predicted molar refractivity (Wildman–Crippen MR) is 184 cm³/mol. The maximum Gasteiger partial charge on any atom is 0.410 e. The fourth-order valence-electron chi connectivity index (χ4n) is 6.11. The molecule has 3 rings (SSSR count). The van der Waals surface area contributed by atoms with E-state index in [1.807, 2.05) is 64.1 Å². The number of hydrogen-bond acceptors (Lipinski definition) is 6. The highest BCUT2D eigenvalue weighted by Crippen LogP contribution is 2.44. The topological polar surface area (TPSA) is 145 Å². The van der Waals surface area contributed by atoms with E-state index in [1.54, 1.807) is 13.8 Å². The molecule has 2 aromatic carbocycles. The minimum atomic E-state index is -1.19. The van der Waals surface area contributed by atoms with Gasteiger partial charge < -0.3 is 25.4 Å². The number of carboxylic acids is 1. The molecule has 0 radical (unpaired) electrons. The maximum absolute atomic E-state index is 13.9. The number of fused-ring (bicyclic) bond motifs is 3. The van der Waals surface area contributed by atoms with Gasteiger partial charge >= 0.3 is 12.1 Å². The highest BCUT2D eigenvalue weighted by Gasteiger charge is 2.38. The average Bonchev–Trinajstić information content (AvgIpc) is 3.35. The van der Waals surface area contributed by atoms with Gasteiger partial charge in [-0.15, -0.1) is 0 Å². The molecule has 0 spiro atoms. The van der Waals surface area contributed by atoms with Gasteiger partial charge in [-0.1, -0.05) is 90.1 Å². The predicted octanol–water partition coefficient (Wildman–Crippen LogP) is 4.89. The second-order valence-corrected chi connectivity index (χ2v) is 14.0. The zero-order chi connectivity index (χ0) is 35.9. The van der Waals surface area contributed by atoms with Gasteiger partial charge in [-0.25, -0.2) is 4.79 Å². The number of ether oxygens (including phenoxy) is 1. The Labute approximate surface area is 284 Å². The van der Waals surface area contributed by atoms with Gasteiger partial charge in [0.15, 0.2) is 0 Å². The summed E-state index contributed by atoms with van der Waals surface area (Å²) in [4.78, 5) is 68.3. The number of rotatable bonds is 15. The lowest BCUT2D eigenvalue weighted by Crippen LogP contribution is -2.59. The molecule has 0 fully saturated rings. The maximum atomic E-state index is 13.9. The molecule has 0 aromatic heterocycles. The van der Waals surface area contributed by atoms with Crippen molar-refractivity contribution in [2.24, 2.45) is 17.8 Å². The minimum absolute atomic E-state index is 0.0181. The number of aliphatic carboxylic acids is 1. The fraction of sp³-hybridized carbons (Fsp3) is 0.541. The van der Waals surface area contributed by atoms with Crippen LogP contribution in [0.25, 0.3) is 11.1 Å². The lowest BCUT2D eigenvalue weighted by molar-refractivity contribution is -0.146. The number of hydrogen-bond donors (Lipinski definition) is 3. The summed E-state index contributed by atoms with van der Waals surface area (Å²) in [5, 5.41) is 14.6. The number of carboxylic acid groups (broad SMARTS) is 1. The lowest BCUT2D eigenvalue weighted by Gasteiger charge is -2.35. The Balaban J connectivity index is 1.77. The molecule has 0 aliphatic heterocycles. The minimum Gasteiger partial charge on any atom is -0.480 e. The van der Waals surface area contributed by atoms with Crippen LogP contribution >= 0.6 is 0 Å². The van der Waals surface area contributed by atoms with Gasteiger partial charge in [-0.05, 0) is 59.8 Å². The van der Waals surface area contributed by atoms with Crippen LogP contribution < -0.4 is 10.6 Å². The molecule has 2 aromatic rings. The molecule has 0 saturated carbocycles. The molecule has 48 heavy (non-hydrogen) atoms. The van der Waals surface area contributed by atoms with E-state index in [-0.39, 0.29) is 30.3 Å². The molecular weight excluding hydrogens is 612 g/mol. The number of nitrogens with one attached hydrogen (secondary N) is 2. The van der Waals surface area contributed by atoms with E-state index >= 15 is 0 Å². The van der Waals surface area contributed by atoms with Crippen LogP contribution in [0.4, 0.5) is 4.79 Å². The molecule has 262 valence electrons. The van der Waals surface area contributed by atoms with Gasteiger partial charge in [0.05, 0.1) is 0 Å². The summed E-state index contributed by atoms with van der Waals surface area (Å²) in [5.74, 6) is -3.22. The summed E-state index contributed by atoms with van der Waals surface area (Å²) >= 11 is 0. The Bertz CT molecular complexity index is 1430. The SMILES string of the molecule is CC(C)C[C@@H](C(=O)N[C@H](C(=O)N(C)[C@@H](CC(C)C)C(=O)N[C@@H](C)C(=O)O)C(C)C)N(C)C(=O)OCC1c2ccccc2-c2ccccc21. The van der Waals surface area contributed by atoms with E-state index < -0.39 is 54.0 Å². The van der Waals surface area contributed by atoms with Gasteiger partial charge in [0.25, 0.3) is 0 Å². The van der Waals surface area contributed by atoms with Gasteiger partial charge in [-0.3, -0.25) is 24.1 Å². The van der Waals surface area contributed by atoms with Crippen molar-refractivity contribution in [2.45, 2.75) is 91.4 Å². The molecule has 0 saturated heterocycles. The van der Waals surface area contributed by atoms with Crippen LogP contribution in [-0.4, -0.2) is 89.6 Å². The zero-order valence-electron chi connectivity index (χ0n) is 29.7. The zero-order valence-corrected chi connectivity index (χ0v) is 29.7. The number of carbonyl (C=O) groups is 5. The molecule has 0 bridgehead atoms. The molecule has 3 N–H and O–H groups in total. The number of amides is 4. The summed E-state index contributed by atoms with van der Waals surface area (Å²) in [7, 11) is 3.01. The second kappa shape index (κ2) is 16.6. The van der Waals surface area contributed by atoms with Crippen molar-refractivity contribution in [3.8, 4) is 11.1 Å². The normalized spacial score (nSPS) is 14.8. The Kier molecular flexibility index (Phi) is 13.2. The van der Waals surface area contributed by atoms with Crippen molar-refractivity contribution in [3.05, 3.63) is 59.7 Å². The molecule has 1 aliphatic carbocycles. The molecule has 0 unspecified atom stereocenters. The second-order valence-electron chi connectivity index (χ2n) is 14.0. The summed E-state index contributed by atoms with van der Waals surface area (Å²) in [5.41, 5.74) is 4.38. The van der Waals surface area contributed by atoms with Crippen LogP contribution in [0.3, 0.4) is 0 Å². The van der Waals surface area contributed by atoms with Gasteiger partial charge in [-0.2, -0.15) is 0 Å². The van der Waals surface area contributed by atoms with Crippen LogP contribution in [0, 0.1) is 17.8 Å². The van der Waals surface area contributed by atoms with Crippen LogP contribution in [-0.2, 0) is 23.9 Å². The summed E-state index contributed by atoms with van der Waals surface area (Å²) < 4.78 is 5.84. The van der Waals surface area contributed by atoms with Gasteiger partial charge in [0.2, 0.25) is 17.7 Å². The molecule has 0 heterocycles. The van der Waals surface area contributed by atoms with Crippen molar-refractivity contribution >= 4 is 29.8 Å². The summed E-state index contributed by atoms with van der Waals surface area (Å²) in [6.07, 6.45) is -0.0320. The number of carbonyl (C=O) groups excluding carboxylic acids is 4. The van der Waals surface area contributed by atoms with Gasteiger partial charge in [0, 0.05) is 20.0 Å². The third kappa shape index (κ3) is 9.14. The number of nitrogens with zero attached hydrogens (tertiary/aromatic N) is 2. The fourth-order valence-corrected chi connectivity index (χ4v) is 6.11. The van der Waals surface area contributed by atoms with Crippen molar-refractivity contribution in [1.82, 2.24) is 20.4 Å². The van der Waals surface area contributed by atoms with Crippen LogP contribution in [0.2, 0.25) is 0 Å². The van der Waals surface area contributed by atoms with Crippen molar-refractivity contribution in [1.29, 1.82) is 0 Å². The lowest BCUT2D eigenvalue weighted by atomic mass is 9.97. The first kappa shape index (κ1) is 38.0. The molecule has 4 amide bonds. The Morgan fingerprint density at radius 1 is 0.729 bits per heavy atom. The van der Waals surface area contributed by atoms with Crippen LogP contribution in [0.1, 0.15) is 78.4 Å². The van der Waals surface area contributed by atoms with Crippen molar-refractivity contribution in [2.75, 3.05) is 20.7 Å².